The van der Waals surface area contributed by atoms with Gasteiger partial charge in [-0.2, -0.15) is 0 Å². The molecule has 0 saturated heterocycles. The highest BCUT2D eigenvalue weighted by Crippen LogP contribution is 2.36. The highest BCUT2D eigenvalue weighted by atomic mass is 32.2. The van der Waals surface area contributed by atoms with Crippen molar-refractivity contribution in [1.29, 1.82) is 0 Å². The lowest BCUT2D eigenvalue weighted by Crippen LogP contribution is -2.06. The number of imidazole rings is 1. The zero-order valence-electron chi connectivity index (χ0n) is 11.2. The van der Waals surface area contributed by atoms with E-state index in [1.165, 1.54) is 6.33 Å². The lowest BCUT2D eigenvalue weighted by atomic mass is 10.3. The van der Waals surface area contributed by atoms with Crippen LogP contribution < -0.4 is 4.74 Å². The van der Waals surface area contributed by atoms with E-state index in [4.69, 9.17) is 4.74 Å². The van der Waals surface area contributed by atoms with Crippen molar-refractivity contribution in [3.63, 3.8) is 0 Å². The molecular formula is C14H14N4OS. The van der Waals surface area contributed by atoms with Crippen molar-refractivity contribution in [2.45, 2.75) is 29.9 Å². The molecule has 0 saturated carbocycles. The summed E-state index contributed by atoms with van der Waals surface area (Å²) in [7, 11) is 0. The summed E-state index contributed by atoms with van der Waals surface area (Å²) in [6.45, 7) is 4.03. The van der Waals surface area contributed by atoms with E-state index in [2.05, 4.69) is 19.9 Å². The number of nitrogens with one attached hydrogen (secondary N) is 1. The molecule has 1 aromatic carbocycles. The van der Waals surface area contributed by atoms with Gasteiger partial charge in [0.05, 0.1) is 17.3 Å². The highest BCUT2D eigenvalue weighted by Gasteiger charge is 2.11. The minimum Gasteiger partial charge on any atom is -0.490 e. The Morgan fingerprint density at radius 2 is 2.00 bits per heavy atom. The summed E-state index contributed by atoms with van der Waals surface area (Å²) >= 11 is 1.54. The molecule has 0 aliphatic rings. The Balaban J connectivity index is 1.97. The van der Waals surface area contributed by atoms with Gasteiger partial charge in [-0.05, 0) is 26.0 Å². The molecule has 2 aromatic heterocycles. The van der Waals surface area contributed by atoms with E-state index >= 15 is 0 Å². The Bertz CT molecular complexity index is 726. The largest absolute Gasteiger partial charge is 0.490 e. The second-order valence-corrected chi connectivity index (χ2v) is 5.53. The Labute approximate surface area is 120 Å². The quantitative estimate of drug-likeness (QED) is 0.746. The maximum absolute atomic E-state index is 5.82. The number of ether oxygens (including phenoxy) is 1. The fourth-order valence-electron chi connectivity index (χ4n) is 1.81. The minimum absolute atomic E-state index is 0.134. The zero-order chi connectivity index (χ0) is 13.9. The smallest absolute Gasteiger partial charge is 0.181 e. The molecular weight excluding hydrogens is 272 g/mol. The van der Waals surface area contributed by atoms with Gasteiger partial charge in [0, 0.05) is 0 Å². The average molecular weight is 286 g/mol. The third kappa shape index (κ3) is 2.60. The van der Waals surface area contributed by atoms with Crippen LogP contribution in [0.5, 0.6) is 5.75 Å². The monoisotopic (exact) mass is 286 g/mol. The Kier molecular flexibility index (Phi) is 3.56. The minimum atomic E-state index is 0.134. The topological polar surface area (TPSA) is 63.7 Å². The number of hydrogen-bond acceptors (Lipinski definition) is 5. The molecule has 3 rings (SSSR count). The van der Waals surface area contributed by atoms with Crippen LogP contribution in [0.2, 0.25) is 0 Å². The number of aromatic amines is 1. The molecule has 0 bridgehead atoms. The van der Waals surface area contributed by atoms with Crippen molar-refractivity contribution < 1.29 is 4.74 Å². The van der Waals surface area contributed by atoms with E-state index < -0.39 is 0 Å². The predicted octanol–water partition coefficient (Wildman–Crippen LogP) is 3.29. The maximum Gasteiger partial charge on any atom is 0.181 e. The Morgan fingerprint density at radius 1 is 1.15 bits per heavy atom. The summed E-state index contributed by atoms with van der Waals surface area (Å²) < 4.78 is 5.82. The number of H-pyrrole nitrogens is 1. The van der Waals surface area contributed by atoms with Gasteiger partial charge in [0.25, 0.3) is 0 Å². The van der Waals surface area contributed by atoms with Gasteiger partial charge in [-0.15, -0.1) is 0 Å². The van der Waals surface area contributed by atoms with Crippen LogP contribution in [0.25, 0.3) is 11.2 Å². The summed E-state index contributed by atoms with van der Waals surface area (Å²) in [6, 6.07) is 7.94. The van der Waals surface area contributed by atoms with E-state index in [-0.39, 0.29) is 6.10 Å². The number of fused-ring (bicyclic) bond motifs is 1. The number of aromatic nitrogens is 4. The van der Waals surface area contributed by atoms with Crippen LogP contribution in [-0.4, -0.2) is 26.0 Å². The molecule has 20 heavy (non-hydrogen) atoms. The normalized spacial score (nSPS) is 11.2. The van der Waals surface area contributed by atoms with Crippen molar-refractivity contribution in [1.82, 2.24) is 19.9 Å². The molecule has 0 aliphatic carbocycles. The number of rotatable bonds is 4. The first-order chi connectivity index (χ1) is 9.74. The predicted molar refractivity (Wildman–Crippen MR) is 78.0 cm³/mol. The van der Waals surface area contributed by atoms with Gasteiger partial charge in [-0.3, -0.25) is 0 Å². The molecule has 0 fully saturated rings. The van der Waals surface area contributed by atoms with Gasteiger partial charge in [-0.25, -0.2) is 15.0 Å². The van der Waals surface area contributed by atoms with E-state index in [0.29, 0.717) is 5.65 Å². The van der Waals surface area contributed by atoms with Crippen LogP contribution in [-0.2, 0) is 0 Å². The Hall–Kier alpha value is -2.08. The first kappa shape index (κ1) is 12.9. The van der Waals surface area contributed by atoms with Gasteiger partial charge < -0.3 is 9.72 Å². The second kappa shape index (κ2) is 5.50. The second-order valence-electron chi connectivity index (χ2n) is 4.50. The summed E-state index contributed by atoms with van der Waals surface area (Å²) in [5, 5.41) is 0.840. The van der Waals surface area contributed by atoms with Gasteiger partial charge in [-0.1, -0.05) is 23.9 Å². The van der Waals surface area contributed by atoms with Crippen LogP contribution >= 0.6 is 11.8 Å². The van der Waals surface area contributed by atoms with E-state index in [1.807, 2.05) is 38.1 Å². The zero-order valence-corrected chi connectivity index (χ0v) is 12.0. The number of benzene rings is 1. The van der Waals surface area contributed by atoms with Crippen LogP contribution in [0.1, 0.15) is 13.8 Å². The fraction of sp³-hybridized carbons (Fsp3) is 0.214. The number of para-hydroxylation sites is 1. The molecule has 3 aromatic rings. The molecule has 6 heteroatoms. The number of nitrogens with zero attached hydrogens (tertiary/aromatic N) is 3. The van der Waals surface area contributed by atoms with E-state index in [0.717, 1.165) is 21.2 Å². The summed E-state index contributed by atoms with van der Waals surface area (Å²) in [5.41, 5.74) is 1.52. The van der Waals surface area contributed by atoms with Crippen LogP contribution in [0.15, 0.2) is 46.8 Å². The average Bonchev–Trinajstić information content (AvgIpc) is 2.90. The van der Waals surface area contributed by atoms with Crippen LogP contribution in [0.3, 0.4) is 0 Å². The van der Waals surface area contributed by atoms with Crippen molar-refractivity contribution >= 4 is 22.9 Å². The lowest BCUT2D eigenvalue weighted by Gasteiger charge is -2.13. The molecule has 5 nitrogen and oxygen atoms in total. The SMILES string of the molecule is CC(C)Oc1ccccc1Sc1ncnc2nc[nH]c12. The standard InChI is InChI=1S/C14H14N4OS/c1-9(2)19-10-5-3-4-6-11(10)20-14-12-13(16-7-15-12)17-8-18-14/h3-9H,1-2H3,(H,15,16,17,18). The summed E-state index contributed by atoms with van der Waals surface area (Å²) in [5.74, 6) is 0.860. The van der Waals surface area contributed by atoms with Gasteiger partial charge >= 0.3 is 0 Å². The molecule has 0 spiro atoms. The van der Waals surface area contributed by atoms with Crippen LogP contribution in [0.4, 0.5) is 0 Å². The molecule has 102 valence electrons. The van der Waals surface area contributed by atoms with Gasteiger partial charge in [0.1, 0.15) is 22.6 Å². The lowest BCUT2D eigenvalue weighted by molar-refractivity contribution is 0.236. The Morgan fingerprint density at radius 3 is 2.85 bits per heavy atom. The first-order valence-corrected chi connectivity index (χ1v) is 7.13. The van der Waals surface area contributed by atoms with Gasteiger partial charge in [0.15, 0.2) is 5.65 Å². The highest BCUT2D eigenvalue weighted by molar-refractivity contribution is 7.99. The third-order valence-corrected chi connectivity index (χ3v) is 3.67. The van der Waals surface area contributed by atoms with Crippen molar-refractivity contribution in [2.75, 3.05) is 0 Å². The maximum atomic E-state index is 5.82. The molecule has 0 aliphatic heterocycles. The summed E-state index contributed by atoms with van der Waals surface area (Å²) in [4.78, 5) is 16.7. The fourth-order valence-corrected chi connectivity index (χ4v) is 2.73. The molecule has 1 N–H and O–H groups in total. The van der Waals surface area contributed by atoms with Crippen molar-refractivity contribution in [3.05, 3.63) is 36.9 Å². The number of hydrogen-bond donors (Lipinski definition) is 1. The van der Waals surface area contributed by atoms with E-state index in [1.54, 1.807) is 18.1 Å². The van der Waals surface area contributed by atoms with E-state index in [9.17, 15) is 0 Å². The van der Waals surface area contributed by atoms with Crippen molar-refractivity contribution in [2.24, 2.45) is 0 Å². The molecule has 0 amide bonds. The molecule has 0 unspecified atom stereocenters. The third-order valence-electron chi connectivity index (χ3n) is 2.61. The van der Waals surface area contributed by atoms with Gasteiger partial charge in [0.2, 0.25) is 0 Å². The molecule has 2 heterocycles. The van der Waals surface area contributed by atoms with Crippen molar-refractivity contribution in [3.8, 4) is 5.75 Å². The van der Waals surface area contributed by atoms with Crippen LogP contribution in [0, 0.1) is 0 Å². The molecule has 0 radical (unpaired) electrons. The first-order valence-electron chi connectivity index (χ1n) is 6.31. The molecule has 0 atom stereocenters. The summed E-state index contributed by atoms with van der Waals surface area (Å²) in [6.07, 6.45) is 3.28.